The molecule has 2 aliphatic carbocycles. The number of carboxylic acids is 1. The fourth-order valence-corrected chi connectivity index (χ4v) is 11.3. The van der Waals surface area contributed by atoms with Crippen LogP contribution in [-0.2, 0) is 49.8 Å². The number of benzene rings is 2. The van der Waals surface area contributed by atoms with E-state index in [1.54, 1.807) is 9.13 Å². The predicted octanol–water partition coefficient (Wildman–Crippen LogP) is 11.3. The van der Waals surface area contributed by atoms with E-state index >= 15 is 0 Å². The summed E-state index contributed by atoms with van der Waals surface area (Å²) in [5.74, 6) is -10.2. The van der Waals surface area contributed by atoms with Gasteiger partial charge in [0.25, 0.3) is 11.8 Å². The summed E-state index contributed by atoms with van der Waals surface area (Å²) in [6.07, 6.45) is 6.49. The summed E-state index contributed by atoms with van der Waals surface area (Å²) in [5, 5.41) is 13.9. The van der Waals surface area contributed by atoms with E-state index in [1.165, 1.54) is 12.1 Å². The van der Waals surface area contributed by atoms with Gasteiger partial charge in [-0.05, 0) is 133 Å². The van der Waals surface area contributed by atoms with E-state index in [2.05, 4.69) is 10.6 Å². The number of hydrogen-bond acceptors (Lipinski definition) is 9. The molecule has 8 rings (SSSR count). The number of hydrogen-bond donors (Lipinski definition) is 3. The number of Topliss-reactive ketones (excluding diaryl/α,β-unsaturated/α-hetero) is 4. The number of ether oxygens (including phenoxy) is 1. The van der Waals surface area contributed by atoms with Gasteiger partial charge in [-0.3, -0.25) is 38.4 Å². The number of carbonyl (C=O) groups is 8. The first-order valence-electron chi connectivity index (χ1n) is 24.6. The summed E-state index contributed by atoms with van der Waals surface area (Å²) in [7, 11) is 0. The maximum Gasteiger partial charge on any atom is 0.309 e. The quantitative estimate of drug-likeness (QED) is 0.0472. The van der Waals surface area contributed by atoms with Crippen molar-refractivity contribution in [3.63, 3.8) is 0 Å². The van der Waals surface area contributed by atoms with Crippen LogP contribution in [0.15, 0.2) is 36.4 Å². The Labute approximate surface area is 434 Å². The molecule has 14 nitrogen and oxygen atoms in total. The van der Waals surface area contributed by atoms with Crippen molar-refractivity contribution in [1.82, 2.24) is 9.13 Å². The van der Waals surface area contributed by atoms with Crippen LogP contribution in [0.5, 0.6) is 0 Å². The number of ketones is 4. The number of nitrogens with zero attached hydrogens (tertiary/aromatic N) is 2. The van der Waals surface area contributed by atoms with E-state index in [0.29, 0.717) is 102 Å². The zero-order chi connectivity index (χ0) is 54.2. The van der Waals surface area contributed by atoms with Crippen LogP contribution < -0.4 is 10.6 Å². The maximum atomic E-state index is 13.6. The predicted molar refractivity (Wildman–Crippen MR) is 266 cm³/mol. The summed E-state index contributed by atoms with van der Waals surface area (Å²) >= 11 is 13.0. The molecule has 0 radical (unpaired) electrons. The van der Waals surface area contributed by atoms with Gasteiger partial charge in [0.2, 0.25) is 23.1 Å². The van der Waals surface area contributed by atoms with Gasteiger partial charge in [0.1, 0.15) is 17.0 Å². The van der Waals surface area contributed by atoms with Crippen molar-refractivity contribution in [3.05, 3.63) is 104 Å². The lowest BCUT2D eigenvalue weighted by atomic mass is 9.69. The van der Waals surface area contributed by atoms with Crippen molar-refractivity contribution in [2.75, 3.05) is 10.6 Å². The van der Waals surface area contributed by atoms with Crippen molar-refractivity contribution in [2.24, 2.45) is 22.7 Å². The average molecular weight is 1070 g/mol. The number of esters is 1. The van der Waals surface area contributed by atoms with Crippen LogP contribution >= 0.6 is 23.2 Å². The van der Waals surface area contributed by atoms with Crippen LogP contribution in [0.1, 0.15) is 165 Å². The maximum absolute atomic E-state index is 13.6. The zero-order valence-electron chi connectivity index (χ0n) is 41.7. The minimum atomic E-state index is -1.12. The van der Waals surface area contributed by atoms with E-state index in [9.17, 15) is 61.0 Å². The highest BCUT2D eigenvalue weighted by atomic mass is 35.5. The number of carboxylic acid groups (broad SMARTS) is 1. The zero-order valence-corrected chi connectivity index (χ0v) is 43.2. The molecule has 4 aromatic rings. The Hall–Kier alpha value is -6.14. The van der Waals surface area contributed by atoms with E-state index in [-0.39, 0.29) is 68.7 Å². The molecule has 2 aromatic heterocycles. The normalized spacial score (nSPS) is 21.1. The Morgan fingerprint density at radius 1 is 0.635 bits per heavy atom. The number of aliphatic carboxylic acids is 1. The highest BCUT2D eigenvalue weighted by molar-refractivity contribution is 6.49. The molecule has 0 bridgehead atoms. The van der Waals surface area contributed by atoms with Gasteiger partial charge < -0.3 is 29.6 Å². The van der Waals surface area contributed by atoms with Crippen LogP contribution in [0.2, 0.25) is 10.0 Å². The standard InChI is InChI=1S/C29H33ClF2N2O5.C25H25ClF2N2O5/c1-28(2,3)39-27(38)16-9-11-29(4,12-10-16)15-21(35)25(36)24-23(30)22(20-6-5-13-34(20)24)26(37)33-17-7-8-18(31)19(32)14-17;1-25(8-6-13(7-9-25)24(34)35)12-18(31)22(32)21-20(26)19(17-3-2-10-30(17)21)23(33)29-14-4-5-15(27)16(28)11-14/h7-8,14,16H,5-6,9-13,15H2,1-4H3,(H,33,37);4-5,11,13H,2-3,6-10,12H2,1H3,(H,29,33)(H,34,35). The number of halogens is 6. The monoisotopic (exact) mass is 1070 g/mol. The highest BCUT2D eigenvalue weighted by Gasteiger charge is 2.42. The van der Waals surface area contributed by atoms with Crippen LogP contribution in [0.25, 0.3) is 0 Å². The number of amides is 2. The van der Waals surface area contributed by atoms with Gasteiger partial charge in [0.15, 0.2) is 23.3 Å². The first-order chi connectivity index (χ1) is 34.7. The number of carbonyl (C=O) groups excluding carboxylic acids is 7. The SMILES string of the molecule is CC1(CC(=O)C(=O)c2c(Cl)c(C(=O)Nc3ccc(F)c(F)c3)c3n2CCC3)CCC(C(=O)O)CC1.CC1(CC(=O)C(=O)c2c(Cl)c(C(=O)Nc3ccc(F)c(F)c3)c3n2CCC3)CCC(C(=O)OC(C)(C)C)CC1. The molecule has 4 heterocycles. The number of aromatic nitrogens is 2. The number of nitrogens with one attached hydrogen (secondary N) is 2. The van der Waals surface area contributed by atoms with Crippen LogP contribution in [0.4, 0.5) is 28.9 Å². The summed E-state index contributed by atoms with van der Waals surface area (Å²) in [4.78, 5) is 103. The molecule has 0 unspecified atom stereocenters. The molecule has 2 amide bonds. The van der Waals surface area contributed by atoms with E-state index in [0.717, 1.165) is 24.3 Å². The first-order valence-corrected chi connectivity index (χ1v) is 25.4. The molecule has 0 saturated heterocycles. The van der Waals surface area contributed by atoms with Crippen molar-refractivity contribution in [1.29, 1.82) is 0 Å². The summed E-state index contributed by atoms with van der Waals surface area (Å²) < 4.78 is 62.4. The average Bonchev–Trinajstić information content (AvgIpc) is 4.10. The van der Waals surface area contributed by atoms with Crippen LogP contribution in [0, 0.1) is 45.9 Å². The van der Waals surface area contributed by atoms with Crippen LogP contribution in [0.3, 0.4) is 0 Å². The van der Waals surface area contributed by atoms with E-state index in [4.69, 9.17) is 27.9 Å². The summed E-state index contributed by atoms with van der Waals surface area (Å²) in [5.41, 5.74) is -0.371. The third-order valence-corrected chi connectivity index (χ3v) is 15.3. The minimum Gasteiger partial charge on any atom is -0.481 e. The second-order valence-corrected chi connectivity index (χ2v) is 22.3. The molecule has 4 aliphatic rings. The first kappa shape index (κ1) is 55.6. The topological polar surface area (TPSA) is 200 Å². The van der Waals surface area contributed by atoms with Crippen LogP contribution in [-0.4, -0.2) is 66.7 Å². The highest BCUT2D eigenvalue weighted by Crippen LogP contribution is 2.45. The van der Waals surface area contributed by atoms with Gasteiger partial charge in [0.05, 0.1) is 33.0 Å². The van der Waals surface area contributed by atoms with Gasteiger partial charge >= 0.3 is 11.9 Å². The Balaban J connectivity index is 0.000000217. The van der Waals surface area contributed by atoms with Gasteiger partial charge in [-0.25, -0.2) is 17.6 Å². The fraction of sp³-hybridized carbons (Fsp3) is 0.481. The Kier molecular flexibility index (Phi) is 16.5. The van der Waals surface area contributed by atoms with Gasteiger partial charge in [0, 0.05) is 60.8 Å². The number of anilines is 2. The number of rotatable bonds is 14. The number of fused-ring (bicyclic) bond motifs is 2. The molecule has 0 spiro atoms. The lowest BCUT2D eigenvalue weighted by molar-refractivity contribution is -0.162. The minimum absolute atomic E-state index is 0.0000993. The Morgan fingerprint density at radius 3 is 1.36 bits per heavy atom. The lowest BCUT2D eigenvalue weighted by Crippen LogP contribution is -2.35. The van der Waals surface area contributed by atoms with Crippen molar-refractivity contribution >= 4 is 81.5 Å². The molecule has 2 saturated carbocycles. The van der Waals surface area contributed by atoms with Gasteiger partial charge in [-0.1, -0.05) is 37.0 Å². The lowest BCUT2D eigenvalue weighted by Gasteiger charge is -2.36. The Bertz CT molecular complexity index is 2960. The van der Waals surface area contributed by atoms with E-state index < -0.39 is 86.5 Å². The second kappa shape index (κ2) is 22.0. The summed E-state index contributed by atoms with van der Waals surface area (Å²) in [6.45, 7) is 10.1. The van der Waals surface area contributed by atoms with Gasteiger partial charge in [-0.15, -0.1) is 0 Å². The summed E-state index contributed by atoms with van der Waals surface area (Å²) in [6, 6.07) is 5.89. The van der Waals surface area contributed by atoms with Gasteiger partial charge in [-0.2, -0.15) is 0 Å². The molecule has 2 fully saturated rings. The molecule has 3 N–H and O–H groups in total. The second-order valence-electron chi connectivity index (χ2n) is 21.5. The molecular formula is C54H58Cl2F4N4O10. The van der Waals surface area contributed by atoms with Crippen molar-refractivity contribution in [2.45, 2.75) is 143 Å². The molecule has 2 aliphatic heterocycles. The third-order valence-electron chi connectivity index (χ3n) is 14.6. The smallest absolute Gasteiger partial charge is 0.309 e. The molecule has 396 valence electrons. The Morgan fingerprint density at radius 2 is 1.01 bits per heavy atom. The molecule has 74 heavy (non-hydrogen) atoms. The largest absolute Gasteiger partial charge is 0.481 e. The van der Waals surface area contributed by atoms with E-state index in [1.807, 2.05) is 34.6 Å². The molecule has 20 heteroatoms. The fourth-order valence-electron chi connectivity index (χ4n) is 10.6. The van der Waals surface area contributed by atoms with Crippen molar-refractivity contribution < 1.29 is 65.8 Å². The van der Waals surface area contributed by atoms with Crippen molar-refractivity contribution in [3.8, 4) is 0 Å². The third kappa shape index (κ3) is 12.2. The molecular weight excluding hydrogens is 1010 g/mol. The molecule has 0 atom stereocenters. The molecule has 2 aromatic carbocycles.